The van der Waals surface area contributed by atoms with E-state index in [1.165, 1.54) is 4.90 Å². The van der Waals surface area contributed by atoms with Crippen LogP contribution in [0.3, 0.4) is 0 Å². The highest BCUT2D eigenvalue weighted by Crippen LogP contribution is 2.33. The van der Waals surface area contributed by atoms with Crippen LogP contribution in [0.2, 0.25) is 0 Å². The van der Waals surface area contributed by atoms with E-state index in [1.807, 2.05) is 0 Å². The summed E-state index contributed by atoms with van der Waals surface area (Å²) in [6, 6.07) is 4.13. The van der Waals surface area contributed by atoms with Crippen molar-refractivity contribution in [3.05, 3.63) is 23.8 Å². The van der Waals surface area contributed by atoms with Gasteiger partial charge in [0.2, 0.25) is 0 Å². The summed E-state index contributed by atoms with van der Waals surface area (Å²) in [6.07, 6.45) is -0.761. The van der Waals surface area contributed by atoms with Gasteiger partial charge in [-0.1, -0.05) is 6.07 Å². The lowest BCUT2D eigenvalue weighted by Gasteiger charge is -2.25. The zero-order valence-electron chi connectivity index (χ0n) is 11.3. The SMILES string of the molecule is O=C(O)[C@@H]1CC(O)CN1C(=O)c1cccc2c1OCCN2. The van der Waals surface area contributed by atoms with Crippen molar-refractivity contribution in [3.63, 3.8) is 0 Å². The molecule has 7 heteroatoms. The van der Waals surface area contributed by atoms with Crippen LogP contribution in [-0.4, -0.2) is 58.8 Å². The second kappa shape index (κ2) is 5.25. The Morgan fingerprint density at radius 3 is 2.95 bits per heavy atom. The minimum Gasteiger partial charge on any atom is -0.489 e. The molecule has 2 atom stereocenters. The number of ether oxygens (including phenoxy) is 1. The third-order valence-corrected chi connectivity index (χ3v) is 3.73. The molecule has 0 bridgehead atoms. The molecule has 2 aliphatic heterocycles. The molecule has 3 rings (SSSR count). The monoisotopic (exact) mass is 292 g/mol. The van der Waals surface area contributed by atoms with Crippen LogP contribution in [0.15, 0.2) is 18.2 Å². The Balaban J connectivity index is 1.93. The molecule has 3 N–H and O–H groups in total. The van der Waals surface area contributed by atoms with E-state index >= 15 is 0 Å². The van der Waals surface area contributed by atoms with Crippen molar-refractivity contribution in [3.8, 4) is 5.75 Å². The van der Waals surface area contributed by atoms with Crippen molar-refractivity contribution in [2.24, 2.45) is 0 Å². The molecule has 1 aromatic carbocycles. The summed E-state index contributed by atoms with van der Waals surface area (Å²) in [5, 5.41) is 22.0. The normalized spacial score (nSPS) is 24.0. The fourth-order valence-corrected chi connectivity index (χ4v) is 2.77. The van der Waals surface area contributed by atoms with E-state index in [4.69, 9.17) is 4.74 Å². The number of anilines is 1. The lowest BCUT2D eigenvalue weighted by atomic mass is 10.1. The number of rotatable bonds is 2. The third kappa shape index (κ3) is 2.40. The Morgan fingerprint density at radius 2 is 2.19 bits per heavy atom. The number of likely N-dealkylation sites (tertiary alicyclic amines) is 1. The van der Waals surface area contributed by atoms with Gasteiger partial charge in [-0.2, -0.15) is 0 Å². The van der Waals surface area contributed by atoms with E-state index < -0.39 is 24.0 Å². The van der Waals surface area contributed by atoms with Crippen LogP contribution in [0.1, 0.15) is 16.8 Å². The summed E-state index contributed by atoms with van der Waals surface area (Å²) in [5.41, 5.74) is 1.04. The number of carboxylic acids is 1. The molecule has 0 radical (unpaired) electrons. The number of aliphatic hydroxyl groups is 1. The van der Waals surface area contributed by atoms with E-state index in [-0.39, 0.29) is 13.0 Å². The molecule has 0 saturated carbocycles. The summed E-state index contributed by atoms with van der Waals surface area (Å²) >= 11 is 0. The lowest BCUT2D eigenvalue weighted by Crippen LogP contribution is -2.41. The lowest BCUT2D eigenvalue weighted by molar-refractivity contribution is -0.141. The van der Waals surface area contributed by atoms with Gasteiger partial charge in [0.25, 0.3) is 5.91 Å². The molecule has 1 saturated heterocycles. The highest BCUT2D eigenvalue weighted by Gasteiger charge is 2.40. The number of para-hydroxylation sites is 1. The second-order valence-electron chi connectivity index (χ2n) is 5.16. The highest BCUT2D eigenvalue weighted by molar-refractivity contribution is 6.01. The smallest absolute Gasteiger partial charge is 0.326 e. The summed E-state index contributed by atoms with van der Waals surface area (Å²) in [7, 11) is 0. The molecule has 2 heterocycles. The average Bonchev–Trinajstić information content (AvgIpc) is 2.88. The number of β-amino-alcohol motifs (C(OH)–C–C–N with tert-alkyl or cyclic N) is 1. The summed E-state index contributed by atoms with van der Waals surface area (Å²) in [6.45, 7) is 1.12. The predicted octanol–water partition coefficient (Wildman–Crippen LogP) is 0.151. The van der Waals surface area contributed by atoms with E-state index in [9.17, 15) is 19.8 Å². The van der Waals surface area contributed by atoms with Crippen LogP contribution in [0.5, 0.6) is 5.75 Å². The maximum atomic E-state index is 12.6. The van der Waals surface area contributed by atoms with E-state index in [2.05, 4.69) is 5.32 Å². The van der Waals surface area contributed by atoms with Gasteiger partial charge in [-0.3, -0.25) is 4.79 Å². The zero-order valence-corrected chi connectivity index (χ0v) is 11.3. The molecule has 21 heavy (non-hydrogen) atoms. The fourth-order valence-electron chi connectivity index (χ4n) is 2.77. The number of hydrogen-bond donors (Lipinski definition) is 3. The van der Waals surface area contributed by atoms with Crippen LogP contribution >= 0.6 is 0 Å². The molecule has 1 unspecified atom stereocenters. The van der Waals surface area contributed by atoms with E-state index in [0.29, 0.717) is 24.5 Å². The molecule has 2 aliphatic rings. The van der Waals surface area contributed by atoms with Crippen molar-refractivity contribution >= 4 is 17.6 Å². The molecule has 1 amide bonds. The number of aliphatic hydroxyl groups excluding tert-OH is 1. The number of carbonyl (C=O) groups is 2. The molecule has 7 nitrogen and oxygen atoms in total. The molecule has 112 valence electrons. The van der Waals surface area contributed by atoms with Crippen LogP contribution in [-0.2, 0) is 4.79 Å². The Morgan fingerprint density at radius 1 is 1.38 bits per heavy atom. The van der Waals surface area contributed by atoms with Crippen molar-refractivity contribution in [2.75, 3.05) is 25.0 Å². The van der Waals surface area contributed by atoms with Crippen molar-refractivity contribution in [1.82, 2.24) is 4.90 Å². The third-order valence-electron chi connectivity index (χ3n) is 3.73. The fraction of sp³-hybridized carbons (Fsp3) is 0.429. The first-order valence-corrected chi connectivity index (χ1v) is 6.79. The summed E-state index contributed by atoms with van der Waals surface area (Å²) < 4.78 is 5.54. The zero-order chi connectivity index (χ0) is 15.0. The Bertz CT molecular complexity index is 589. The quantitative estimate of drug-likeness (QED) is 0.717. The highest BCUT2D eigenvalue weighted by atomic mass is 16.5. The number of amides is 1. The molecule has 0 spiro atoms. The van der Waals surface area contributed by atoms with Gasteiger partial charge < -0.3 is 25.2 Å². The van der Waals surface area contributed by atoms with Gasteiger partial charge in [-0.15, -0.1) is 0 Å². The van der Waals surface area contributed by atoms with Gasteiger partial charge in [-0.05, 0) is 12.1 Å². The Hall–Kier alpha value is -2.28. The predicted molar refractivity (Wildman–Crippen MR) is 73.5 cm³/mol. The molecular formula is C14H16N2O5. The Kier molecular flexibility index (Phi) is 3.42. The van der Waals surface area contributed by atoms with Crippen molar-refractivity contribution in [2.45, 2.75) is 18.6 Å². The summed E-state index contributed by atoms with van der Waals surface area (Å²) in [4.78, 5) is 25.1. The number of carbonyl (C=O) groups excluding carboxylic acids is 1. The van der Waals surface area contributed by atoms with Gasteiger partial charge >= 0.3 is 5.97 Å². The molecule has 0 aromatic heterocycles. The minimum absolute atomic E-state index is 0.0207. The Labute approximate surface area is 121 Å². The number of nitrogens with one attached hydrogen (secondary N) is 1. The van der Waals surface area contributed by atoms with Crippen LogP contribution in [0.25, 0.3) is 0 Å². The largest absolute Gasteiger partial charge is 0.489 e. The van der Waals surface area contributed by atoms with Gasteiger partial charge in [0, 0.05) is 19.5 Å². The van der Waals surface area contributed by atoms with Crippen LogP contribution in [0.4, 0.5) is 5.69 Å². The standard InChI is InChI=1S/C14H16N2O5/c17-8-6-11(14(19)20)16(7-8)13(18)9-2-1-3-10-12(9)21-5-4-15-10/h1-3,8,11,15,17H,4-7H2,(H,19,20)/t8?,11-/m0/s1. The topological polar surface area (TPSA) is 99.1 Å². The van der Waals surface area contributed by atoms with E-state index in [1.54, 1.807) is 18.2 Å². The molecular weight excluding hydrogens is 276 g/mol. The van der Waals surface area contributed by atoms with Gasteiger partial charge in [0.1, 0.15) is 12.6 Å². The molecule has 0 aliphatic carbocycles. The van der Waals surface area contributed by atoms with Gasteiger partial charge in [-0.25, -0.2) is 4.79 Å². The first-order valence-electron chi connectivity index (χ1n) is 6.79. The van der Waals surface area contributed by atoms with Crippen molar-refractivity contribution < 1.29 is 24.5 Å². The van der Waals surface area contributed by atoms with E-state index in [0.717, 1.165) is 5.69 Å². The number of fused-ring (bicyclic) bond motifs is 1. The molecule has 1 aromatic rings. The number of aliphatic carboxylic acids is 1. The average molecular weight is 292 g/mol. The maximum Gasteiger partial charge on any atom is 0.326 e. The second-order valence-corrected chi connectivity index (χ2v) is 5.16. The van der Waals surface area contributed by atoms with Gasteiger partial charge in [0.15, 0.2) is 5.75 Å². The molecule has 1 fully saturated rings. The first kappa shape index (κ1) is 13.7. The number of carboxylic acid groups (broad SMARTS) is 1. The number of nitrogens with zero attached hydrogens (tertiary/aromatic N) is 1. The number of benzene rings is 1. The van der Waals surface area contributed by atoms with Crippen LogP contribution < -0.4 is 10.1 Å². The maximum absolute atomic E-state index is 12.6. The van der Waals surface area contributed by atoms with Gasteiger partial charge in [0.05, 0.1) is 17.4 Å². The first-order chi connectivity index (χ1) is 10.1. The minimum atomic E-state index is -1.11. The van der Waals surface area contributed by atoms with Crippen LogP contribution in [0, 0.1) is 0 Å². The number of hydrogen-bond acceptors (Lipinski definition) is 5. The van der Waals surface area contributed by atoms with Crippen molar-refractivity contribution in [1.29, 1.82) is 0 Å². The summed E-state index contributed by atoms with van der Waals surface area (Å²) in [5.74, 6) is -1.09.